The first-order valence-electron chi connectivity index (χ1n) is 10.00. The van der Waals surface area contributed by atoms with Gasteiger partial charge in [-0.25, -0.2) is 0 Å². The molecule has 0 aromatic heterocycles. The van der Waals surface area contributed by atoms with Crippen LogP contribution in [-0.2, 0) is 4.74 Å². The molecule has 4 nitrogen and oxygen atoms in total. The highest BCUT2D eigenvalue weighted by Gasteiger charge is 2.41. The predicted octanol–water partition coefficient (Wildman–Crippen LogP) is 1.97. The van der Waals surface area contributed by atoms with E-state index in [0.29, 0.717) is 0 Å². The highest BCUT2D eigenvalue weighted by molar-refractivity contribution is 4.93. The monoisotopic (exact) mass is 322 g/mol. The maximum absolute atomic E-state index is 10.5. The average molecular weight is 322 g/mol. The lowest BCUT2D eigenvalue weighted by Crippen LogP contribution is -2.45. The summed E-state index contributed by atoms with van der Waals surface area (Å²) in [7, 11) is 0. The Morgan fingerprint density at radius 3 is 2.61 bits per heavy atom. The molecular weight excluding hydrogens is 288 g/mol. The largest absolute Gasteiger partial charge is 0.390 e. The molecule has 4 aliphatic rings. The molecule has 2 heterocycles. The first-order chi connectivity index (χ1) is 11.3. The summed E-state index contributed by atoms with van der Waals surface area (Å²) < 4.78 is 5.40. The number of hydrogen-bond acceptors (Lipinski definition) is 4. The highest BCUT2D eigenvalue weighted by atomic mass is 16.5. The molecule has 2 saturated carbocycles. The van der Waals surface area contributed by atoms with Gasteiger partial charge < -0.3 is 9.84 Å². The van der Waals surface area contributed by atoms with Gasteiger partial charge in [0.1, 0.15) is 0 Å². The van der Waals surface area contributed by atoms with E-state index in [1.807, 2.05) is 0 Å². The molecule has 0 amide bonds. The van der Waals surface area contributed by atoms with Gasteiger partial charge in [-0.1, -0.05) is 6.42 Å². The minimum atomic E-state index is -0.200. The molecule has 1 N–H and O–H groups in total. The lowest BCUT2D eigenvalue weighted by molar-refractivity contribution is 0.00487. The van der Waals surface area contributed by atoms with Gasteiger partial charge in [0.15, 0.2) is 0 Å². The number of fused-ring (bicyclic) bond motifs is 2. The molecular formula is C19H34N2O2. The van der Waals surface area contributed by atoms with Crippen molar-refractivity contribution < 1.29 is 9.84 Å². The van der Waals surface area contributed by atoms with Gasteiger partial charge in [-0.05, 0) is 62.8 Å². The summed E-state index contributed by atoms with van der Waals surface area (Å²) in [6.45, 7) is 6.50. The number of hydrogen-bond donors (Lipinski definition) is 1. The number of morpholine rings is 1. The Balaban J connectivity index is 1.24. The molecule has 2 aliphatic carbocycles. The Labute approximate surface area is 141 Å². The SMILES string of the molecule is O[C@H](CN1CCOCC1)CN1CCC[C@H]1C[C@H]1C[C@H]2CC[C@H]1C2. The van der Waals surface area contributed by atoms with Crippen molar-refractivity contribution in [2.45, 2.75) is 57.1 Å². The van der Waals surface area contributed by atoms with Crippen molar-refractivity contribution in [1.82, 2.24) is 9.80 Å². The average Bonchev–Trinajstić information content (AvgIpc) is 3.26. The van der Waals surface area contributed by atoms with Crippen LogP contribution in [0.4, 0.5) is 0 Å². The van der Waals surface area contributed by atoms with Crippen LogP contribution >= 0.6 is 0 Å². The van der Waals surface area contributed by atoms with Gasteiger partial charge in [0.25, 0.3) is 0 Å². The van der Waals surface area contributed by atoms with Crippen molar-refractivity contribution in [3.05, 3.63) is 0 Å². The standard InChI is InChI=1S/C19H34N2O2/c22-19(13-20-6-8-23-9-7-20)14-21-5-1-2-18(21)12-17-11-15-3-4-16(17)10-15/h15-19,22H,1-14H2/t15-,16-,17+,18-,19+/m0/s1. The van der Waals surface area contributed by atoms with Gasteiger partial charge in [-0.15, -0.1) is 0 Å². The highest BCUT2D eigenvalue weighted by Crippen LogP contribution is 2.50. The van der Waals surface area contributed by atoms with Crippen LogP contribution in [-0.4, -0.2) is 73.0 Å². The van der Waals surface area contributed by atoms with E-state index in [1.165, 1.54) is 51.5 Å². The minimum absolute atomic E-state index is 0.200. The third-order valence-electron chi connectivity index (χ3n) is 6.98. The quantitative estimate of drug-likeness (QED) is 0.811. The second kappa shape index (κ2) is 7.38. The molecule has 23 heavy (non-hydrogen) atoms. The van der Waals surface area contributed by atoms with Crippen LogP contribution < -0.4 is 0 Å². The number of ether oxygens (including phenoxy) is 1. The molecule has 0 aromatic carbocycles. The summed E-state index contributed by atoms with van der Waals surface area (Å²) >= 11 is 0. The van der Waals surface area contributed by atoms with Crippen LogP contribution in [0.5, 0.6) is 0 Å². The molecule has 132 valence electrons. The Hall–Kier alpha value is -0.160. The lowest BCUT2D eigenvalue weighted by atomic mass is 9.83. The molecule has 0 radical (unpaired) electrons. The summed E-state index contributed by atoms with van der Waals surface area (Å²) in [5, 5.41) is 10.5. The Bertz CT molecular complexity index is 386. The van der Waals surface area contributed by atoms with Gasteiger partial charge in [-0.3, -0.25) is 9.80 Å². The van der Waals surface area contributed by atoms with Crippen LogP contribution in [0.1, 0.15) is 44.9 Å². The summed E-state index contributed by atoms with van der Waals surface area (Å²) in [4.78, 5) is 4.96. The topological polar surface area (TPSA) is 35.9 Å². The lowest BCUT2D eigenvalue weighted by Gasteiger charge is -2.33. The van der Waals surface area contributed by atoms with E-state index in [9.17, 15) is 5.11 Å². The maximum atomic E-state index is 10.5. The van der Waals surface area contributed by atoms with Crippen molar-refractivity contribution in [2.75, 3.05) is 45.9 Å². The summed E-state index contributed by atoms with van der Waals surface area (Å²) in [5.74, 6) is 3.10. The Morgan fingerprint density at radius 1 is 1.00 bits per heavy atom. The van der Waals surface area contributed by atoms with Crippen LogP contribution in [0.25, 0.3) is 0 Å². The first-order valence-corrected chi connectivity index (χ1v) is 10.00. The van der Waals surface area contributed by atoms with E-state index in [1.54, 1.807) is 0 Å². The molecule has 5 atom stereocenters. The van der Waals surface area contributed by atoms with Crippen molar-refractivity contribution in [1.29, 1.82) is 0 Å². The molecule has 2 saturated heterocycles. The van der Waals surface area contributed by atoms with Crippen molar-refractivity contribution in [3.8, 4) is 0 Å². The Morgan fingerprint density at radius 2 is 1.87 bits per heavy atom. The maximum Gasteiger partial charge on any atom is 0.0793 e. The van der Waals surface area contributed by atoms with E-state index in [2.05, 4.69) is 9.80 Å². The molecule has 0 spiro atoms. The molecule has 2 bridgehead atoms. The van der Waals surface area contributed by atoms with Gasteiger partial charge in [0.05, 0.1) is 19.3 Å². The first kappa shape index (κ1) is 16.3. The fourth-order valence-electron chi connectivity index (χ4n) is 5.83. The molecule has 4 fully saturated rings. The van der Waals surface area contributed by atoms with Gasteiger partial charge in [-0.2, -0.15) is 0 Å². The van der Waals surface area contributed by atoms with Gasteiger partial charge >= 0.3 is 0 Å². The minimum Gasteiger partial charge on any atom is -0.390 e. The fourth-order valence-corrected chi connectivity index (χ4v) is 5.83. The number of likely N-dealkylation sites (tertiary alicyclic amines) is 1. The third kappa shape index (κ3) is 3.92. The molecule has 0 unspecified atom stereocenters. The number of aliphatic hydroxyl groups excluding tert-OH is 1. The third-order valence-corrected chi connectivity index (χ3v) is 6.98. The van der Waals surface area contributed by atoms with Crippen LogP contribution in [0.15, 0.2) is 0 Å². The zero-order valence-corrected chi connectivity index (χ0v) is 14.5. The van der Waals surface area contributed by atoms with Crippen LogP contribution in [0.3, 0.4) is 0 Å². The van der Waals surface area contributed by atoms with Crippen molar-refractivity contribution in [2.24, 2.45) is 17.8 Å². The number of aliphatic hydroxyl groups is 1. The second-order valence-electron chi connectivity index (χ2n) is 8.53. The van der Waals surface area contributed by atoms with Gasteiger partial charge in [0.2, 0.25) is 0 Å². The summed E-state index contributed by atoms with van der Waals surface area (Å²) in [5.41, 5.74) is 0. The van der Waals surface area contributed by atoms with Gasteiger partial charge in [0, 0.05) is 32.2 Å². The Kier molecular flexibility index (Phi) is 5.24. The van der Waals surface area contributed by atoms with E-state index in [4.69, 9.17) is 4.74 Å². The molecule has 4 heteroatoms. The normalized spacial score (nSPS) is 40.0. The van der Waals surface area contributed by atoms with Crippen molar-refractivity contribution >= 4 is 0 Å². The van der Waals surface area contributed by atoms with E-state index < -0.39 is 0 Å². The number of β-amino-alcohol motifs (C(OH)–C–C–N with tert-alkyl or cyclic N) is 1. The summed E-state index contributed by atoms with van der Waals surface area (Å²) in [6, 6.07) is 0.749. The number of nitrogens with zero attached hydrogens (tertiary/aromatic N) is 2. The zero-order valence-electron chi connectivity index (χ0n) is 14.5. The van der Waals surface area contributed by atoms with Crippen LogP contribution in [0.2, 0.25) is 0 Å². The second-order valence-corrected chi connectivity index (χ2v) is 8.53. The van der Waals surface area contributed by atoms with Crippen molar-refractivity contribution in [3.63, 3.8) is 0 Å². The number of rotatable bonds is 6. The predicted molar refractivity (Wildman–Crippen MR) is 91.4 cm³/mol. The van der Waals surface area contributed by atoms with E-state index in [-0.39, 0.29) is 6.10 Å². The van der Waals surface area contributed by atoms with Crippen LogP contribution in [0, 0.1) is 17.8 Å². The smallest absolute Gasteiger partial charge is 0.0793 e. The zero-order chi connectivity index (χ0) is 15.6. The molecule has 2 aliphatic heterocycles. The molecule has 0 aromatic rings. The van der Waals surface area contributed by atoms with E-state index >= 15 is 0 Å². The summed E-state index contributed by atoms with van der Waals surface area (Å²) in [6.07, 6.45) is 9.94. The molecule has 4 rings (SSSR count). The van der Waals surface area contributed by atoms with E-state index in [0.717, 1.165) is 63.2 Å². The fraction of sp³-hybridized carbons (Fsp3) is 1.00.